The first-order chi connectivity index (χ1) is 11.1. The summed E-state index contributed by atoms with van der Waals surface area (Å²) < 4.78 is 23.4. The predicted molar refractivity (Wildman–Crippen MR) is 85.8 cm³/mol. The van der Waals surface area contributed by atoms with Crippen LogP contribution in [0.25, 0.3) is 11.3 Å². The molecule has 23 heavy (non-hydrogen) atoms. The standard InChI is InChI=1S/C18H22FNO3/c1-20(15-5-3-2-4-6-15)12-11-16-17(23-18(21)22-16)13-7-9-14(19)10-8-13/h7-10,15H,2-6,11-12H2,1H3. The van der Waals surface area contributed by atoms with Crippen LogP contribution < -0.4 is 5.82 Å². The minimum absolute atomic E-state index is 0.321. The van der Waals surface area contributed by atoms with Gasteiger partial charge in [0.1, 0.15) is 5.82 Å². The first kappa shape index (κ1) is 16.0. The Bertz CT molecular complexity index is 683. The molecule has 0 radical (unpaired) electrons. The van der Waals surface area contributed by atoms with E-state index in [0.717, 1.165) is 6.54 Å². The molecule has 0 N–H and O–H groups in total. The zero-order chi connectivity index (χ0) is 16.2. The first-order valence-corrected chi connectivity index (χ1v) is 8.22. The van der Waals surface area contributed by atoms with Gasteiger partial charge in [-0.15, -0.1) is 0 Å². The molecule has 0 amide bonds. The second-order valence-corrected chi connectivity index (χ2v) is 6.24. The summed E-state index contributed by atoms with van der Waals surface area (Å²) in [6.07, 6.45) is 6.97. The number of halogens is 1. The Hall–Kier alpha value is -1.88. The summed E-state index contributed by atoms with van der Waals surface area (Å²) in [4.78, 5) is 13.8. The van der Waals surface area contributed by atoms with E-state index >= 15 is 0 Å². The number of hydrogen-bond acceptors (Lipinski definition) is 4. The molecule has 1 heterocycles. The summed E-state index contributed by atoms with van der Waals surface area (Å²) in [6.45, 7) is 0.807. The molecule has 1 aliphatic carbocycles. The Morgan fingerprint density at radius 1 is 1.13 bits per heavy atom. The van der Waals surface area contributed by atoms with Crippen molar-refractivity contribution in [2.24, 2.45) is 0 Å². The van der Waals surface area contributed by atoms with E-state index in [-0.39, 0.29) is 5.82 Å². The average molecular weight is 319 g/mol. The van der Waals surface area contributed by atoms with E-state index in [9.17, 15) is 9.18 Å². The Morgan fingerprint density at radius 3 is 2.52 bits per heavy atom. The third-order valence-corrected chi connectivity index (χ3v) is 4.64. The van der Waals surface area contributed by atoms with Crippen molar-refractivity contribution in [3.63, 3.8) is 0 Å². The van der Waals surface area contributed by atoms with Crippen LogP contribution in [0.3, 0.4) is 0 Å². The van der Waals surface area contributed by atoms with Crippen LogP contribution in [0.15, 0.2) is 37.9 Å². The molecule has 124 valence electrons. The van der Waals surface area contributed by atoms with Gasteiger partial charge in [-0.1, -0.05) is 19.3 Å². The molecular weight excluding hydrogens is 297 g/mol. The molecule has 3 rings (SSSR count). The molecule has 0 unspecified atom stereocenters. The Balaban J connectivity index is 1.70. The maximum Gasteiger partial charge on any atom is 0.519 e. The van der Waals surface area contributed by atoms with Crippen LogP contribution in [0.1, 0.15) is 37.9 Å². The van der Waals surface area contributed by atoms with Gasteiger partial charge in [0.2, 0.25) is 0 Å². The highest BCUT2D eigenvalue weighted by atomic mass is 19.1. The fourth-order valence-electron chi connectivity index (χ4n) is 3.28. The fourth-order valence-corrected chi connectivity index (χ4v) is 3.28. The lowest BCUT2D eigenvalue weighted by atomic mass is 9.94. The summed E-state index contributed by atoms with van der Waals surface area (Å²) >= 11 is 0. The molecular formula is C18H22FNO3. The minimum atomic E-state index is -0.709. The molecule has 0 atom stereocenters. The SMILES string of the molecule is CN(CCc1oc(=O)oc1-c1ccc(F)cc1)C1CCCCC1. The van der Waals surface area contributed by atoms with Gasteiger partial charge in [-0.25, -0.2) is 9.18 Å². The molecule has 0 saturated heterocycles. The smallest absolute Gasteiger partial charge is 0.395 e. The summed E-state index contributed by atoms with van der Waals surface area (Å²) in [6, 6.07) is 6.49. The van der Waals surface area contributed by atoms with Crippen molar-refractivity contribution in [1.82, 2.24) is 4.90 Å². The van der Waals surface area contributed by atoms with Crippen molar-refractivity contribution >= 4 is 0 Å². The van der Waals surface area contributed by atoms with E-state index < -0.39 is 5.82 Å². The van der Waals surface area contributed by atoms with Gasteiger partial charge in [0, 0.05) is 24.6 Å². The lowest BCUT2D eigenvalue weighted by molar-refractivity contribution is 0.190. The largest absolute Gasteiger partial charge is 0.519 e. The number of hydrogen-bond donors (Lipinski definition) is 0. The number of rotatable bonds is 5. The van der Waals surface area contributed by atoms with Gasteiger partial charge >= 0.3 is 5.82 Å². The quantitative estimate of drug-likeness (QED) is 0.840. The van der Waals surface area contributed by atoms with Crippen molar-refractivity contribution in [2.75, 3.05) is 13.6 Å². The van der Waals surface area contributed by atoms with Crippen molar-refractivity contribution in [1.29, 1.82) is 0 Å². The van der Waals surface area contributed by atoms with E-state index in [1.165, 1.54) is 44.2 Å². The number of benzene rings is 1. The molecule has 0 bridgehead atoms. The highest BCUT2D eigenvalue weighted by molar-refractivity contribution is 5.58. The molecule has 1 aromatic heterocycles. The third-order valence-electron chi connectivity index (χ3n) is 4.64. The van der Waals surface area contributed by atoms with Gasteiger partial charge in [0.25, 0.3) is 0 Å². The highest BCUT2D eigenvalue weighted by Crippen LogP contribution is 2.25. The average Bonchev–Trinajstić information content (AvgIpc) is 2.95. The van der Waals surface area contributed by atoms with Gasteiger partial charge in [-0.3, -0.25) is 0 Å². The molecule has 1 aromatic carbocycles. The summed E-state index contributed by atoms with van der Waals surface area (Å²) in [5.74, 6) is -0.0888. The monoisotopic (exact) mass is 319 g/mol. The normalized spacial score (nSPS) is 16.1. The van der Waals surface area contributed by atoms with Crippen LogP contribution in [0, 0.1) is 5.82 Å². The lowest BCUT2D eigenvalue weighted by Crippen LogP contribution is -2.34. The zero-order valence-corrected chi connectivity index (χ0v) is 13.4. The maximum atomic E-state index is 13.0. The Morgan fingerprint density at radius 2 is 1.83 bits per heavy atom. The van der Waals surface area contributed by atoms with Crippen molar-refractivity contribution < 1.29 is 13.2 Å². The molecule has 1 aliphatic rings. The molecule has 0 spiro atoms. The number of likely N-dealkylation sites (N-methyl/N-ethyl adjacent to an activating group) is 1. The highest BCUT2D eigenvalue weighted by Gasteiger charge is 2.20. The van der Waals surface area contributed by atoms with Crippen LogP contribution in [-0.2, 0) is 6.42 Å². The van der Waals surface area contributed by atoms with Crippen LogP contribution in [0.4, 0.5) is 4.39 Å². The van der Waals surface area contributed by atoms with Gasteiger partial charge < -0.3 is 13.7 Å². The van der Waals surface area contributed by atoms with E-state index in [0.29, 0.717) is 29.5 Å². The van der Waals surface area contributed by atoms with E-state index in [4.69, 9.17) is 8.83 Å². The summed E-state index contributed by atoms with van der Waals surface area (Å²) in [5, 5.41) is 0. The summed E-state index contributed by atoms with van der Waals surface area (Å²) in [5.41, 5.74) is 0.660. The fraction of sp³-hybridized carbons (Fsp3) is 0.500. The van der Waals surface area contributed by atoms with Crippen molar-refractivity contribution in [3.8, 4) is 11.3 Å². The van der Waals surface area contributed by atoms with E-state index in [1.54, 1.807) is 12.1 Å². The van der Waals surface area contributed by atoms with E-state index in [1.807, 2.05) is 0 Å². The van der Waals surface area contributed by atoms with Gasteiger partial charge in [-0.2, -0.15) is 0 Å². The van der Waals surface area contributed by atoms with E-state index in [2.05, 4.69) is 11.9 Å². The lowest BCUT2D eigenvalue weighted by Gasteiger charge is -2.30. The van der Waals surface area contributed by atoms with Gasteiger partial charge in [0.15, 0.2) is 11.5 Å². The minimum Gasteiger partial charge on any atom is -0.395 e. The van der Waals surface area contributed by atoms with Crippen molar-refractivity contribution in [3.05, 3.63) is 46.5 Å². The van der Waals surface area contributed by atoms with Gasteiger partial charge in [0.05, 0.1) is 0 Å². The van der Waals surface area contributed by atoms with Crippen LogP contribution >= 0.6 is 0 Å². The molecule has 4 nitrogen and oxygen atoms in total. The second-order valence-electron chi connectivity index (χ2n) is 6.24. The van der Waals surface area contributed by atoms with Gasteiger partial charge in [-0.05, 0) is 44.2 Å². The van der Waals surface area contributed by atoms with Crippen LogP contribution in [-0.4, -0.2) is 24.5 Å². The maximum absolute atomic E-state index is 13.0. The second kappa shape index (κ2) is 7.13. The number of nitrogens with zero attached hydrogens (tertiary/aromatic N) is 1. The topological polar surface area (TPSA) is 46.6 Å². The molecule has 2 aromatic rings. The zero-order valence-electron chi connectivity index (χ0n) is 13.4. The van der Waals surface area contributed by atoms with Crippen molar-refractivity contribution in [2.45, 2.75) is 44.6 Å². The summed E-state index contributed by atoms with van der Waals surface area (Å²) in [7, 11) is 2.12. The first-order valence-electron chi connectivity index (χ1n) is 8.22. The molecule has 5 heteroatoms. The Kier molecular flexibility index (Phi) is 4.96. The Labute approximate surface area is 134 Å². The third kappa shape index (κ3) is 3.91. The predicted octanol–water partition coefficient (Wildman–Crippen LogP) is 3.85. The molecule has 0 aliphatic heterocycles. The van der Waals surface area contributed by atoms with Crippen LogP contribution in [0.2, 0.25) is 0 Å². The van der Waals surface area contributed by atoms with Crippen LogP contribution in [0.5, 0.6) is 0 Å². The molecule has 1 fully saturated rings. The molecule has 1 saturated carbocycles.